The van der Waals surface area contributed by atoms with Crippen LogP contribution in [0.3, 0.4) is 0 Å². The standard InChI is InChI=1S/C17H24N2O7/c1-3-5-9-26-16(22)17(18,15(20)21)11-12-6-7-13(19(23)24)14(10-12)25-8-4-2/h6-7,10H,3-5,8-9,11,18H2,1-2H3,(H,20,21). The quantitative estimate of drug-likeness (QED) is 0.199. The molecule has 1 unspecified atom stereocenters. The molecule has 0 aromatic heterocycles. The van der Waals surface area contributed by atoms with Gasteiger partial charge in [0.15, 0.2) is 5.75 Å². The second-order valence-electron chi connectivity index (χ2n) is 5.85. The molecule has 0 aliphatic heterocycles. The summed E-state index contributed by atoms with van der Waals surface area (Å²) in [7, 11) is 0. The van der Waals surface area contributed by atoms with Crippen molar-refractivity contribution < 1.29 is 29.1 Å². The number of benzene rings is 1. The van der Waals surface area contributed by atoms with Gasteiger partial charge in [-0.25, -0.2) is 9.59 Å². The Bertz CT molecular complexity index is 663. The molecule has 1 atom stereocenters. The first-order valence-corrected chi connectivity index (χ1v) is 8.35. The van der Waals surface area contributed by atoms with Gasteiger partial charge in [-0.2, -0.15) is 0 Å². The van der Waals surface area contributed by atoms with Crippen LogP contribution < -0.4 is 10.5 Å². The molecule has 9 heteroatoms. The Kier molecular flexibility index (Phi) is 7.98. The molecule has 1 aromatic carbocycles. The fraction of sp³-hybridized carbons (Fsp3) is 0.529. The van der Waals surface area contributed by atoms with Crippen molar-refractivity contribution in [2.75, 3.05) is 13.2 Å². The molecule has 1 rings (SSSR count). The monoisotopic (exact) mass is 368 g/mol. The van der Waals surface area contributed by atoms with Crippen molar-refractivity contribution in [3.05, 3.63) is 33.9 Å². The van der Waals surface area contributed by atoms with Crippen LogP contribution >= 0.6 is 0 Å². The average molecular weight is 368 g/mol. The number of nitro benzene ring substituents is 1. The van der Waals surface area contributed by atoms with Gasteiger partial charge < -0.3 is 20.3 Å². The average Bonchev–Trinajstić information content (AvgIpc) is 2.59. The third-order valence-corrected chi connectivity index (χ3v) is 3.64. The highest BCUT2D eigenvalue weighted by Gasteiger charge is 2.44. The number of rotatable bonds is 11. The summed E-state index contributed by atoms with van der Waals surface area (Å²) in [6.45, 7) is 4.08. The smallest absolute Gasteiger partial charge is 0.338 e. The zero-order valence-electron chi connectivity index (χ0n) is 14.9. The van der Waals surface area contributed by atoms with Gasteiger partial charge in [-0.15, -0.1) is 0 Å². The Morgan fingerprint density at radius 2 is 1.96 bits per heavy atom. The number of carboxylic acid groups (broad SMARTS) is 1. The minimum absolute atomic E-state index is 0.00133. The molecule has 0 amide bonds. The van der Waals surface area contributed by atoms with Crippen molar-refractivity contribution in [2.24, 2.45) is 5.73 Å². The summed E-state index contributed by atoms with van der Waals surface area (Å²) in [6, 6.07) is 3.88. The lowest BCUT2D eigenvalue weighted by Crippen LogP contribution is -2.57. The van der Waals surface area contributed by atoms with Gasteiger partial charge >= 0.3 is 17.6 Å². The van der Waals surface area contributed by atoms with Gasteiger partial charge in [0, 0.05) is 12.5 Å². The number of nitrogens with two attached hydrogens (primary N) is 1. The first kappa shape index (κ1) is 21.4. The van der Waals surface area contributed by atoms with E-state index >= 15 is 0 Å². The van der Waals surface area contributed by atoms with E-state index in [4.69, 9.17) is 15.2 Å². The Hall–Kier alpha value is -2.68. The summed E-state index contributed by atoms with van der Waals surface area (Å²) in [5.74, 6) is -2.58. The zero-order valence-corrected chi connectivity index (χ0v) is 14.9. The van der Waals surface area contributed by atoms with Gasteiger partial charge in [-0.05, 0) is 24.5 Å². The van der Waals surface area contributed by atoms with E-state index < -0.39 is 22.4 Å². The van der Waals surface area contributed by atoms with Crippen molar-refractivity contribution in [1.82, 2.24) is 0 Å². The maximum absolute atomic E-state index is 12.2. The number of nitro groups is 1. The van der Waals surface area contributed by atoms with Crippen LogP contribution in [0.1, 0.15) is 38.7 Å². The predicted octanol–water partition coefficient (Wildman–Crippen LogP) is 2.05. The molecule has 0 aliphatic carbocycles. The van der Waals surface area contributed by atoms with Crippen molar-refractivity contribution in [2.45, 2.75) is 45.1 Å². The van der Waals surface area contributed by atoms with Gasteiger partial charge in [-0.1, -0.05) is 26.3 Å². The maximum atomic E-state index is 12.2. The Morgan fingerprint density at radius 1 is 1.27 bits per heavy atom. The summed E-state index contributed by atoms with van der Waals surface area (Å²) in [5.41, 5.74) is 3.59. The highest BCUT2D eigenvalue weighted by atomic mass is 16.6. The summed E-state index contributed by atoms with van der Waals surface area (Å²) < 4.78 is 10.3. The Labute approximate surface area is 151 Å². The summed E-state index contributed by atoms with van der Waals surface area (Å²) in [6.07, 6.45) is 1.63. The lowest BCUT2D eigenvalue weighted by Gasteiger charge is -2.23. The van der Waals surface area contributed by atoms with Crippen molar-refractivity contribution in [3.8, 4) is 5.75 Å². The number of hydrogen-bond donors (Lipinski definition) is 2. The molecule has 1 aromatic rings. The normalized spacial score (nSPS) is 12.9. The number of hydrogen-bond acceptors (Lipinski definition) is 7. The highest BCUT2D eigenvalue weighted by Crippen LogP contribution is 2.29. The Balaban J connectivity index is 3.09. The van der Waals surface area contributed by atoms with Gasteiger partial charge in [0.05, 0.1) is 18.1 Å². The molecular weight excluding hydrogens is 344 g/mol. The molecule has 0 fully saturated rings. The van der Waals surface area contributed by atoms with Crippen LogP contribution in [0.15, 0.2) is 18.2 Å². The second kappa shape index (κ2) is 9.71. The molecule has 0 spiro atoms. The van der Waals surface area contributed by atoms with E-state index in [1.165, 1.54) is 18.2 Å². The molecular formula is C17H24N2O7. The van der Waals surface area contributed by atoms with Crippen LogP contribution in [0.4, 0.5) is 5.69 Å². The van der Waals surface area contributed by atoms with E-state index in [0.29, 0.717) is 18.4 Å². The third-order valence-electron chi connectivity index (χ3n) is 3.64. The lowest BCUT2D eigenvalue weighted by molar-refractivity contribution is -0.385. The number of unbranched alkanes of at least 4 members (excludes halogenated alkanes) is 1. The lowest BCUT2D eigenvalue weighted by atomic mass is 9.91. The van der Waals surface area contributed by atoms with Gasteiger partial charge in [0.25, 0.3) is 0 Å². The topological polar surface area (TPSA) is 142 Å². The second-order valence-corrected chi connectivity index (χ2v) is 5.85. The van der Waals surface area contributed by atoms with Crippen molar-refractivity contribution in [1.29, 1.82) is 0 Å². The van der Waals surface area contributed by atoms with Crippen LogP contribution in [0.25, 0.3) is 0 Å². The van der Waals surface area contributed by atoms with Crippen LogP contribution in [0.2, 0.25) is 0 Å². The molecule has 0 saturated heterocycles. The van der Waals surface area contributed by atoms with E-state index in [9.17, 15) is 24.8 Å². The van der Waals surface area contributed by atoms with Crippen LogP contribution in [0, 0.1) is 10.1 Å². The first-order valence-electron chi connectivity index (χ1n) is 8.35. The maximum Gasteiger partial charge on any atom is 0.338 e. The number of esters is 1. The van der Waals surface area contributed by atoms with Gasteiger partial charge in [-0.3, -0.25) is 10.1 Å². The number of ether oxygens (including phenoxy) is 2. The molecule has 144 valence electrons. The van der Waals surface area contributed by atoms with Crippen molar-refractivity contribution in [3.63, 3.8) is 0 Å². The third kappa shape index (κ3) is 5.41. The zero-order chi connectivity index (χ0) is 19.7. The van der Waals surface area contributed by atoms with Crippen molar-refractivity contribution >= 4 is 17.6 Å². The molecule has 0 saturated carbocycles. The number of carboxylic acids is 1. The molecule has 0 heterocycles. The van der Waals surface area contributed by atoms with Crippen LogP contribution in [-0.2, 0) is 20.7 Å². The molecule has 9 nitrogen and oxygen atoms in total. The van der Waals surface area contributed by atoms with Gasteiger partial charge in [0.1, 0.15) is 0 Å². The van der Waals surface area contributed by atoms with E-state index in [2.05, 4.69) is 0 Å². The molecule has 26 heavy (non-hydrogen) atoms. The molecule has 0 bridgehead atoms. The summed E-state index contributed by atoms with van der Waals surface area (Å²) in [4.78, 5) is 34.2. The molecule has 0 aliphatic rings. The van der Waals surface area contributed by atoms with E-state index in [1.807, 2.05) is 13.8 Å². The predicted molar refractivity (Wildman–Crippen MR) is 93.0 cm³/mol. The summed E-state index contributed by atoms with van der Waals surface area (Å²) >= 11 is 0. The fourth-order valence-corrected chi connectivity index (χ4v) is 2.14. The first-order chi connectivity index (χ1) is 12.3. The largest absolute Gasteiger partial charge is 0.487 e. The van der Waals surface area contributed by atoms with E-state index in [-0.39, 0.29) is 31.1 Å². The van der Waals surface area contributed by atoms with E-state index in [1.54, 1.807) is 0 Å². The molecule has 3 N–H and O–H groups in total. The summed E-state index contributed by atoms with van der Waals surface area (Å²) in [5, 5.41) is 20.5. The van der Waals surface area contributed by atoms with Crippen LogP contribution in [0.5, 0.6) is 5.75 Å². The fourth-order valence-electron chi connectivity index (χ4n) is 2.14. The number of carbonyl (C=O) groups excluding carboxylic acids is 1. The number of nitrogens with zero attached hydrogens (tertiary/aromatic N) is 1. The minimum atomic E-state index is -2.29. The van der Waals surface area contributed by atoms with E-state index in [0.717, 1.165) is 6.42 Å². The number of carbonyl (C=O) groups is 2. The van der Waals surface area contributed by atoms with Crippen LogP contribution in [-0.4, -0.2) is 40.7 Å². The SMILES string of the molecule is CCCCOC(=O)C(N)(Cc1ccc([N+](=O)[O-])c(OCCC)c1)C(=O)O. The highest BCUT2D eigenvalue weighted by molar-refractivity contribution is 6.04. The van der Waals surface area contributed by atoms with Gasteiger partial charge in [0.2, 0.25) is 5.54 Å². The Morgan fingerprint density at radius 3 is 2.50 bits per heavy atom. The number of aliphatic carboxylic acids is 1. The minimum Gasteiger partial charge on any atom is -0.487 e. The molecule has 0 radical (unpaired) electrons.